The second kappa shape index (κ2) is 8.65. The van der Waals surface area contributed by atoms with E-state index in [1.54, 1.807) is 6.20 Å². The number of methoxy groups -OCH3 is 1. The molecule has 1 aromatic heterocycles. The number of ether oxygens (including phenoxy) is 3. The van der Waals surface area contributed by atoms with Gasteiger partial charge in [-0.25, -0.2) is 4.98 Å². The van der Waals surface area contributed by atoms with Crippen LogP contribution < -0.4 is 14.8 Å². The van der Waals surface area contributed by atoms with Gasteiger partial charge in [-0.2, -0.15) is 4.39 Å². The average molecular weight is 401 g/mol. The fourth-order valence-corrected chi connectivity index (χ4v) is 4.22. The minimum atomic E-state index is -0.589. The van der Waals surface area contributed by atoms with Gasteiger partial charge in [-0.3, -0.25) is 4.90 Å². The monoisotopic (exact) mass is 401 g/mol. The van der Waals surface area contributed by atoms with E-state index >= 15 is 0 Å². The summed E-state index contributed by atoms with van der Waals surface area (Å²) in [6.45, 7) is 7.48. The van der Waals surface area contributed by atoms with Crippen LogP contribution in [0.15, 0.2) is 30.5 Å². The lowest BCUT2D eigenvalue weighted by molar-refractivity contribution is 0.0186. The predicted molar refractivity (Wildman–Crippen MR) is 108 cm³/mol. The van der Waals surface area contributed by atoms with Crippen LogP contribution >= 0.6 is 0 Å². The molecule has 2 aromatic rings. The van der Waals surface area contributed by atoms with Crippen molar-refractivity contribution in [3.63, 3.8) is 0 Å². The van der Waals surface area contributed by atoms with Crippen molar-refractivity contribution in [3.05, 3.63) is 53.1 Å². The Morgan fingerprint density at radius 2 is 2.10 bits per heavy atom. The summed E-state index contributed by atoms with van der Waals surface area (Å²) in [5.74, 6) is 0.510. The van der Waals surface area contributed by atoms with E-state index in [-0.39, 0.29) is 23.9 Å². The Morgan fingerprint density at radius 1 is 1.28 bits per heavy atom. The van der Waals surface area contributed by atoms with E-state index in [0.29, 0.717) is 13.2 Å². The first-order valence-electron chi connectivity index (χ1n) is 10.1. The van der Waals surface area contributed by atoms with Crippen LogP contribution in [0.2, 0.25) is 0 Å². The molecular formula is C22H28FN3O3. The summed E-state index contributed by atoms with van der Waals surface area (Å²) >= 11 is 0. The van der Waals surface area contributed by atoms with Gasteiger partial charge in [0.2, 0.25) is 0 Å². The number of halogens is 1. The van der Waals surface area contributed by atoms with Crippen molar-refractivity contribution >= 4 is 0 Å². The van der Waals surface area contributed by atoms with Gasteiger partial charge < -0.3 is 19.5 Å². The topological polar surface area (TPSA) is 55.9 Å². The van der Waals surface area contributed by atoms with E-state index in [9.17, 15) is 4.39 Å². The Hall–Kier alpha value is -2.22. The van der Waals surface area contributed by atoms with Gasteiger partial charge in [0.15, 0.2) is 5.75 Å². The molecule has 0 bridgehead atoms. The van der Waals surface area contributed by atoms with Crippen molar-refractivity contribution in [2.24, 2.45) is 0 Å². The summed E-state index contributed by atoms with van der Waals surface area (Å²) in [4.78, 5) is 6.30. The van der Waals surface area contributed by atoms with Gasteiger partial charge in [0.1, 0.15) is 5.75 Å². The van der Waals surface area contributed by atoms with Crippen molar-refractivity contribution < 1.29 is 18.6 Å². The smallest absolute Gasteiger partial charge is 0.255 e. The van der Waals surface area contributed by atoms with Crippen molar-refractivity contribution in [3.8, 4) is 11.5 Å². The minimum Gasteiger partial charge on any atom is -0.492 e. The highest BCUT2D eigenvalue weighted by Crippen LogP contribution is 2.37. The highest BCUT2D eigenvalue weighted by molar-refractivity contribution is 5.41. The third-order valence-corrected chi connectivity index (χ3v) is 5.52. The second-order valence-corrected chi connectivity index (χ2v) is 7.75. The standard InChI is InChI=1S/C22H28FN3O3/c1-14(2)29-20-7-5-4-6-15(20)18-11-26(9-8-24-18)19-13-28-12-17-16(19)10-25-22(23)21(17)27-3/h4-7,10,14,18-19,24H,8-9,11-13H2,1-3H3/t18-,19+/m0/s1. The zero-order valence-corrected chi connectivity index (χ0v) is 17.2. The zero-order valence-electron chi connectivity index (χ0n) is 17.2. The van der Waals surface area contributed by atoms with E-state index in [1.807, 2.05) is 32.0 Å². The number of hydrogen-bond acceptors (Lipinski definition) is 6. The fraction of sp³-hybridized carbons (Fsp3) is 0.500. The third-order valence-electron chi connectivity index (χ3n) is 5.52. The number of hydrogen-bond donors (Lipinski definition) is 1. The van der Waals surface area contributed by atoms with Gasteiger partial charge in [-0.1, -0.05) is 18.2 Å². The maximum Gasteiger partial charge on any atom is 0.255 e. The third kappa shape index (κ3) is 4.08. The first-order chi connectivity index (χ1) is 14.1. The molecule has 2 aliphatic heterocycles. The fourth-order valence-electron chi connectivity index (χ4n) is 4.22. The minimum absolute atomic E-state index is 0.0172. The lowest BCUT2D eigenvalue weighted by atomic mass is 9.96. The molecule has 0 saturated carbocycles. The predicted octanol–water partition coefficient (Wildman–Crippen LogP) is 3.23. The molecule has 0 spiro atoms. The molecule has 3 heterocycles. The molecule has 6 nitrogen and oxygen atoms in total. The molecule has 4 rings (SSSR count). The number of pyridine rings is 1. The van der Waals surface area contributed by atoms with Gasteiger partial charge in [-0.05, 0) is 25.5 Å². The van der Waals surface area contributed by atoms with Gasteiger partial charge in [0.25, 0.3) is 5.95 Å². The molecule has 0 unspecified atom stereocenters. The van der Waals surface area contributed by atoms with Crippen molar-refractivity contribution in [2.45, 2.75) is 38.6 Å². The van der Waals surface area contributed by atoms with Crippen molar-refractivity contribution in [1.29, 1.82) is 0 Å². The molecule has 2 atom stereocenters. The highest BCUT2D eigenvalue weighted by atomic mass is 19.1. The highest BCUT2D eigenvalue weighted by Gasteiger charge is 2.34. The van der Waals surface area contributed by atoms with E-state index in [4.69, 9.17) is 14.2 Å². The molecule has 1 fully saturated rings. The molecule has 2 aliphatic rings. The summed E-state index contributed by atoms with van der Waals surface area (Å²) in [7, 11) is 1.47. The van der Waals surface area contributed by atoms with Crippen LogP contribution in [0.5, 0.6) is 11.5 Å². The SMILES string of the molecule is COc1c(F)ncc2c1COC[C@H]2N1CCN[C@H](c2ccccc2OC(C)C)C1. The summed E-state index contributed by atoms with van der Waals surface area (Å²) in [5.41, 5.74) is 2.90. The second-order valence-electron chi connectivity index (χ2n) is 7.75. The Morgan fingerprint density at radius 3 is 2.90 bits per heavy atom. The number of nitrogens with zero attached hydrogens (tertiary/aromatic N) is 2. The van der Waals surface area contributed by atoms with E-state index in [1.165, 1.54) is 7.11 Å². The van der Waals surface area contributed by atoms with Crippen LogP contribution in [-0.2, 0) is 11.3 Å². The largest absolute Gasteiger partial charge is 0.492 e. The number of piperazine rings is 1. The van der Waals surface area contributed by atoms with Crippen LogP contribution in [0.4, 0.5) is 4.39 Å². The Labute approximate surface area is 171 Å². The van der Waals surface area contributed by atoms with Crippen LogP contribution in [-0.4, -0.2) is 49.3 Å². The Kier molecular flexibility index (Phi) is 5.99. The summed E-state index contributed by atoms with van der Waals surface area (Å²) in [6.07, 6.45) is 1.75. The maximum absolute atomic E-state index is 14.0. The molecule has 0 aliphatic carbocycles. The number of para-hydroxylation sites is 1. The zero-order chi connectivity index (χ0) is 20.4. The van der Waals surface area contributed by atoms with Gasteiger partial charge in [0.05, 0.1) is 32.5 Å². The van der Waals surface area contributed by atoms with Crippen LogP contribution in [0.1, 0.15) is 42.6 Å². The molecule has 1 aromatic carbocycles. The van der Waals surface area contributed by atoms with E-state index < -0.39 is 5.95 Å². The van der Waals surface area contributed by atoms with Crippen molar-refractivity contribution in [2.75, 3.05) is 33.4 Å². The van der Waals surface area contributed by atoms with E-state index in [0.717, 1.165) is 42.1 Å². The summed E-state index contributed by atoms with van der Waals surface area (Å²) < 4.78 is 31.2. The summed E-state index contributed by atoms with van der Waals surface area (Å²) in [5, 5.41) is 3.61. The molecular weight excluding hydrogens is 373 g/mol. The van der Waals surface area contributed by atoms with Gasteiger partial charge in [-0.15, -0.1) is 0 Å². The Balaban J connectivity index is 1.60. The molecule has 7 heteroatoms. The first-order valence-corrected chi connectivity index (χ1v) is 10.1. The summed E-state index contributed by atoms with van der Waals surface area (Å²) in [6, 6.07) is 8.33. The van der Waals surface area contributed by atoms with E-state index in [2.05, 4.69) is 21.3 Å². The Bertz CT molecular complexity index is 861. The van der Waals surface area contributed by atoms with Crippen molar-refractivity contribution in [1.82, 2.24) is 15.2 Å². The van der Waals surface area contributed by atoms with Crippen LogP contribution in [0, 0.1) is 5.95 Å². The first kappa shape index (κ1) is 20.1. The van der Waals surface area contributed by atoms with Crippen LogP contribution in [0.25, 0.3) is 0 Å². The van der Waals surface area contributed by atoms with Gasteiger partial charge >= 0.3 is 0 Å². The number of rotatable bonds is 5. The number of nitrogens with one attached hydrogen (secondary N) is 1. The molecule has 0 amide bonds. The van der Waals surface area contributed by atoms with Gasteiger partial charge in [0, 0.05) is 43.0 Å². The molecule has 156 valence electrons. The lowest BCUT2D eigenvalue weighted by Crippen LogP contribution is -2.49. The molecule has 29 heavy (non-hydrogen) atoms. The number of fused-ring (bicyclic) bond motifs is 1. The molecule has 1 N–H and O–H groups in total. The molecule has 1 saturated heterocycles. The lowest BCUT2D eigenvalue weighted by Gasteiger charge is -2.41. The maximum atomic E-state index is 14.0. The quantitative estimate of drug-likeness (QED) is 0.777. The normalized spacial score (nSPS) is 22.4. The number of benzene rings is 1. The number of aromatic nitrogens is 1. The van der Waals surface area contributed by atoms with Crippen LogP contribution in [0.3, 0.4) is 0 Å². The molecule has 0 radical (unpaired) electrons. The average Bonchev–Trinajstić information content (AvgIpc) is 2.73.